The molecule has 0 radical (unpaired) electrons. The van der Waals surface area contributed by atoms with Gasteiger partial charge in [0, 0.05) is 13.8 Å². The molecular weight excluding hydrogens is 246 g/mol. The average Bonchev–Trinajstić information content (AvgIpc) is 2.00. The molecule has 0 heterocycles. The van der Waals surface area contributed by atoms with Crippen molar-refractivity contribution in [3.05, 3.63) is 0 Å². The van der Waals surface area contributed by atoms with Crippen LogP contribution in [0.25, 0.3) is 0 Å². The van der Waals surface area contributed by atoms with Gasteiger partial charge < -0.3 is 9.47 Å². The van der Waals surface area contributed by atoms with Crippen molar-refractivity contribution in [2.24, 2.45) is 0 Å². The Labute approximate surface area is 86.3 Å². The number of alkyl halides is 6. The van der Waals surface area contributed by atoms with Gasteiger partial charge in [0.05, 0.1) is 0 Å². The molecule has 0 aromatic carbocycles. The van der Waals surface area contributed by atoms with Crippen molar-refractivity contribution in [2.75, 3.05) is 0 Å². The molecule has 0 aliphatic rings. The fraction of sp³-hybridized carbons (Fsp3) is 0.857. The van der Waals surface area contributed by atoms with Gasteiger partial charge in [0.1, 0.15) is 0 Å². The number of hydrogen-bond donors (Lipinski definition) is 0. The second kappa shape index (κ2) is 4.79. The third-order valence-corrected chi connectivity index (χ3v) is 1.35. The Morgan fingerprint density at radius 2 is 1.19 bits per heavy atom. The van der Waals surface area contributed by atoms with Crippen LogP contribution in [0.5, 0.6) is 0 Å². The molecule has 96 valence electrons. The van der Waals surface area contributed by atoms with Crippen LogP contribution in [0.4, 0.5) is 31.1 Å². The summed E-state index contributed by atoms with van der Waals surface area (Å²) in [5.74, 6) is -7.48. The largest absolute Gasteiger partial charge is 0.514 e. The first-order valence-electron chi connectivity index (χ1n) is 3.85. The van der Waals surface area contributed by atoms with Gasteiger partial charge >= 0.3 is 30.7 Å². The van der Waals surface area contributed by atoms with Gasteiger partial charge in [-0.1, -0.05) is 0 Å². The van der Waals surface area contributed by atoms with Crippen LogP contribution in [0.3, 0.4) is 0 Å². The predicted molar refractivity (Wildman–Crippen MR) is 38.6 cm³/mol. The van der Waals surface area contributed by atoms with Crippen LogP contribution in [0.1, 0.15) is 13.8 Å². The second-order valence-corrected chi connectivity index (χ2v) is 3.03. The van der Waals surface area contributed by atoms with Gasteiger partial charge in [0.25, 0.3) is 0 Å². The summed E-state index contributed by atoms with van der Waals surface area (Å²) in [6.45, 7) is 0.327. The fourth-order valence-electron chi connectivity index (χ4n) is 0.436. The zero-order valence-electron chi connectivity index (χ0n) is 8.15. The topological polar surface area (TPSA) is 35.5 Å². The number of carbonyl (C=O) groups excluding carboxylic acids is 1. The van der Waals surface area contributed by atoms with Crippen molar-refractivity contribution < 1.29 is 40.6 Å². The maximum absolute atomic E-state index is 12.7. The van der Waals surface area contributed by atoms with E-state index in [0.717, 1.165) is 0 Å². The molecule has 0 aromatic heterocycles. The summed E-state index contributed by atoms with van der Waals surface area (Å²) in [6, 6.07) is 0. The van der Waals surface area contributed by atoms with Crippen molar-refractivity contribution >= 4 is 6.16 Å². The van der Waals surface area contributed by atoms with E-state index >= 15 is 0 Å². The quantitative estimate of drug-likeness (QED) is 0.571. The number of halogens is 6. The maximum Gasteiger partial charge on any atom is 0.514 e. The second-order valence-electron chi connectivity index (χ2n) is 3.03. The lowest BCUT2D eigenvalue weighted by Gasteiger charge is -2.23. The van der Waals surface area contributed by atoms with Gasteiger partial charge in [-0.25, -0.2) is 22.4 Å². The third-order valence-electron chi connectivity index (χ3n) is 1.35. The molecule has 0 bridgehead atoms. The molecule has 0 saturated heterocycles. The number of ether oxygens (including phenoxy) is 2. The van der Waals surface area contributed by atoms with Gasteiger partial charge in [-0.15, -0.1) is 0 Å². The molecule has 3 nitrogen and oxygen atoms in total. The van der Waals surface area contributed by atoms with Gasteiger partial charge in [-0.3, -0.25) is 0 Å². The van der Waals surface area contributed by atoms with Crippen LogP contribution in [0, 0.1) is 0 Å². The Kier molecular flexibility index (Phi) is 4.45. The van der Waals surface area contributed by atoms with Gasteiger partial charge in [-0.2, -0.15) is 8.78 Å². The van der Waals surface area contributed by atoms with Crippen LogP contribution in [-0.2, 0) is 9.47 Å². The molecule has 16 heavy (non-hydrogen) atoms. The molecule has 0 aromatic rings. The van der Waals surface area contributed by atoms with Crippen LogP contribution in [-0.4, -0.2) is 30.7 Å². The molecule has 0 fully saturated rings. The highest BCUT2D eigenvalue weighted by atomic mass is 19.3. The summed E-state index contributed by atoms with van der Waals surface area (Å²) in [6.07, 6.45) is -9.74. The van der Waals surface area contributed by atoms with Crippen molar-refractivity contribution in [1.29, 1.82) is 0 Å². The molecular formula is C7H8F6O3. The number of carbonyl (C=O) groups is 1. The zero-order chi connectivity index (χ0) is 13.1. The first kappa shape index (κ1) is 14.8. The number of hydrogen-bond acceptors (Lipinski definition) is 3. The highest BCUT2D eigenvalue weighted by Crippen LogP contribution is 2.26. The Morgan fingerprint density at radius 1 is 0.938 bits per heavy atom. The molecule has 9 heteroatoms. The summed E-state index contributed by atoms with van der Waals surface area (Å²) in [7, 11) is 0. The van der Waals surface area contributed by atoms with E-state index in [1.54, 1.807) is 0 Å². The molecule has 0 rings (SSSR count). The molecule has 2 atom stereocenters. The first-order chi connectivity index (χ1) is 6.99. The summed E-state index contributed by atoms with van der Waals surface area (Å²) in [5.41, 5.74) is 0. The van der Waals surface area contributed by atoms with E-state index in [4.69, 9.17) is 0 Å². The van der Waals surface area contributed by atoms with E-state index in [0.29, 0.717) is 0 Å². The number of rotatable bonds is 4. The summed E-state index contributed by atoms with van der Waals surface area (Å²) in [5, 5.41) is 0. The highest BCUT2D eigenvalue weighted by molar-refractivity contribution is 5.61. The van der Waals surface area contributed by atoms with Crippen molar-refractivity contribution in [2.45, 2.75) is 38.4 Å². The molecule has 0 amide bonds. The summed E-state index contributed by atoms with van der Waals surface area (Å²) in [4.78, 5) is 10.5. The minimum Gasteiger partial charge on any atom is -0.391 e. The minimum absolute atomic E-state index is 0.164. The van der Waals surface area contributed by atoms with E-state index < -0.39 is 30.7 Å². The summed E-state index contributed by atoms with van der Waals surface area (Å²) >= 11 is 0. The van der Waals surface area contributed by atoms with Crippen LogP contribution in [0.2, 0.25) is 0 Å². The Bertz CT molecular complexity index is 229. The molecule has 2 unspecified atom stereocenters. The third kappa shape index (κ3) is 4.15. The smallest absolute Gasteiger partial charge is 0.391 e. The van der Waals surface area contributed by atoms with Gasteiger partial charge in [-0.05, 0) is 0 Å². The zero-order valence-corrected chi connectivity index (χ0v) is 8.15. The monoisotopic (exact) mass is 254 g/mol. The van der Waals surface area contributed by atoms with Gasteiger partial charge in [0.2, 0.25) is 0 Å². The van der Waals surface area contributed by atoms with E-state index in [1.165, 1.54) is 0 Å². The van der Waals surface area contributed by atoms with Crippen LogP contribution in [0.15, 0.2) is 0 Å². The molecule has 0 N–H and O–H groups in total. The van der Waals surface area contributed by atoms with Crippen molar-refractivity contribution in [1.82, 2.24) is 0 Å². The summed E-state index contributed by atoms with van der Waals surface area (Å²) < 4.78 is 79.2. The molecule has 0 saturated carbocycles. The minimum atomic E-state index is -3.74. The SMILES string of the molecule is CC(F)(OC(=O)OC(C)(F)C(F)F)C(F)F. The predicted octanol–water partition coefficient (Wildman–Crippen LogP) is 3.04. The lowest BCUT2D eigenvalue weighted by atomic mass is 10.4. The van der Waals surface area contributed by atoms with Crippen LogP contribution < -0.4 is 0 Å². The van der Waals surface area contributed by atoms with E-state index in [1.807, 2.05) is 0 Å². The van der Waals surface area contributed by atoms with Gasteiger partial charge in [0.15, 0.2) is 0 Å². The van der Waals surface area contributed by atoms with Crippen LogP contribution >= 0.6 is 0 Å². The van der Waals surface area contributed by atoms with Crippen molar-refractivity contribution in [3.8, 4) is 0 Å². The lowest BCUT2D eigenvalue weighted by Crippen LogP contribution is -2.40. The van der Waals surface area contributed by atoms with E-state index in [-0.39, 0.29) is 13.8 Å². The van der Waals surface area contributed by atoms with Crippen molar-refractivity contribution in [3.63, 3.8) is 0 Å². The van der Waals surface area contributed by atoms with E-state index in [2.05, 4.69) is 9.47 Å². The molecule has 0 spiro atoms. The average molecular weight is 254 g/mol. The Hall–Kier alpha value is -1.15. The Balaban J connectivity index is 4.41. The fourth-order valence-corrected chi connectivity index (χ4v) is 0.436. The van der Waals surface area contributed by atoms with E-state index in [9.17, 15) is 31.1 Å². The lowest BCUT2D eigenvalue weighted by molar-refractivity contribution is -0.227. The maximum atomic E-state index is 12.7. The highest BCUT2D eigenvalue weighted by Gasteiger charge is 2.44. The molecule has 0 aliphatic heterocycles. The first-order valence-corrected chi connectivity index (χ1v) is 3.85. The molecule has 0 aliphatic carbocycles. The standard InChI is InChI=1S/C7H8F6O3/c1-6(12,3(8)9)15-5(14)16-7(2,13)4(10)11/h3-4H,1-2H3. The Morgan fingerprint density at radius 3 is 1.38 bits per heavy atom. The normalized spacial score (nSPS) is 19.1.